The molecule has 0 aliphatic carbocycles. The van der Waals surface area contributed by atoms with Gasteiger partial charge in [0.15, 0.2) is 5.58 Å². The van der Waals surface area contributed by atoms with Gasteiger partial charge in [-0.2, -0.15) is 4.98 Å². The summed E-state index contributed by atoms with van der Waals surface area (Å²) in [6.07, 6.45) is 3.89. The second kappa shape index (κ2) is 7.44. The Kier molecular flexibility index (Phi) is 4.50. The number of rotatable bonds is 4. The van der Waals surface area contributed by atoms with Crippen molar-refractivity contribution >= 4 is 28.7 Å². The lowest BCUT2D eigenvalue weighted by molar-refractivity contribution is 0.102. The first-order valence-electron chi connectivity index (χ1n) is 9.54. The molecule has 146 valence electrons. The highest BCUT2D eigenvalue weighted by molar-refractivity contribution is 6.05. The monoisotopic (exact) mass is 388 g/mol. The summed E-state index contributed by atoms with van der Waals surface area (Å²) >= 11 is 0. The normalized spacial score (nSPS) is 14.3. The van der Waals surface area contributed by atoms with Crippen molar-refractivity contribution in [1.29, 1.82) is 0 Å². The number of nitrogens with one attached hydrogen (secondary N) is 1. The summed E-state index contributed by atoms with van der Waals surface area (Å²) in [6.45, 7) is 2.85. The van der Waals surface area contributed by atoms with Gasteiger partial charge in [0.1, 0.15) is 5.52 Å². The Morgan fingerprint density at radius 3 is 2.66 bits per heavy atom. The molecule has 7 nitrogen and oxygen atoms in total. The van der Waals surface area contributed by atoms with E-state index < -0.39 is 0 Å². The van der Waals surface area contributed by atoms with Crippen molar-refractivity contribution in [3.8, 4) is 5.69 Å². The Morgan fingerprint density at radius 2 is 1.83 bits per heavy atom. The van der Waals surface area contributed by atoms with E-state index >= 15 is 0 Å². The molecule has 0 radical (unpaired) electrons. The van der Waals surface area contributed by atoms with E-state index in [0.717, 1.165) is 24.3 Å². The van der Waals surface area contributed by atoms with Crippen molar-refractivity contribution in [2.45, 2.75) is 0 Å². The van der Waals surface area contributed by atoms with Gasteiger partial charge in [-0.3, -0.25) is 4.79 Å². The van der Waals surface area contributed by atoms with Crippen LogP contribution in [-0.2, 0) is 4.74 Å². The van der Waals surface area contributed by atoms with Gasteiger partial charge < -0.3 is 23.9 Å². The van der Waals surface area contributed by atoms with Gasteiger partial charge in [0.2, 0.25) is 0 Å². The minimum atomic E-state index is -0.175. The second-order valence-electron chi connectivity index (χ2n) is 6.87. The van der Waals surface area contributed by atoms with E-state index in [1.165, 1.54) is 0 Å². The van der Waals surface area contributed by atoms with Crippen LogP contribution in [0.1, 0.15) is 10.4 Å². The van der Waals surface area contributed by atoms with Gasteiger partial charge in [-0.1, -0.05) is 6.07 Å². The number of amides is 1. The fraction of sp³-hybridized carbons (Fsp3) is 0.182. The van der Waals surface area contributed by atoms with Crippen molar-refractivity contribution in [2.24, 2.45) is 0 Å². The Morgan fingerprint density at radius 1 is 1.00 bits per heavy atom. The molecular weight excluding hydrogens is 368 g/mol. The number of ether oxygens (including phenoxy) is 1. The van der Waals surface area contributed by atoms with Crippen molar-refractivity contribution < 1.29 is 13.9 Å². The Hall–Kier alpha value is -3.58. The van der Waals surface area contributed by atoms with E-state index in [0.29, 0.717) is 36.1 Å². The molecule has 1 fully saturated rings. The molecule has 2 aromatic heterocycles. The quantitative estimate of drug-likeness (QED) is 0.577. The molecule has 29 heavy (non-hydrogen) atoms. The topological polar surface area (TPSA) is 72.5 Å². The lowest BCUT2D eigenvalue weighted by Gasteiger charge is -2.24. The molecule has 0 spiro atoms. The number of hydrogen-bond donors (Lipinski definition) is 1. The third-order valence-corrected chi connectivity index (χ3v) is 4.93. The maximum absolute atomic E-state index is 12.7. The summed E-state index contributed by atoms with van der Waals surface area (Å²) in [4.78, 5) is 19.3. The molecule has 2 aromatic carbocycles. The molecule has 1 saturated heterocycles. The van der Waals surface area contributed by atoms with Gasteiger partial charge in [-0.05, 0) is 42.5 Å². The second-order valence-corrected chi connectivity index (χ2v) is 6.87. The molecule has 7 heteroatoms. The predicted octanol–water partition coefficient (Wildman–Crippen LogP) is 3.71. The van der Waals surface area contributed by atoms with Crippen LogP contribution in [0.4, 0.5) is 11.7 Å². The van der Waals surface area contributed by atoms with E-state index in [1.807, 2.05) is 59.4 Å². The summed E-state index contributed by atoms with van der Waals surface area (Å²) in [5, 5.41) is 2.94. The third-order valence-electron chi connectivity index (χ3n) is 4.93. The number of nitrogens with zero attached hydrogens (tertiary/aromatic N) is 3. The van der Waals surface area contributed by atoms with Gasteiger partial charge in [-0.15, -0.1) is 0 Å². The predicted molar refractivity (Wildman–Crippen MR) is 111 cm³/mol. The van der Waals surface area contributed by atoms with Crippen molar-refractivity contribution in [3.05, 3.63) is 72.6 Å². The van der Waals surface area contributed by atoms with Gasteiger partial charge in [0, 0.05) is 48.5 Å². The van der Waals surface area contributed by atoms with E-state index in [1.54, 1.807) is 12.1 Å². The van der Waals surface area contributed by atoms with E-state index in [9.17, 15) is 4.79 Å². The highest BCUT2D eigenvalue weighted by Crippen LogP contribution is 2.25. The molecule has 3 heterocycles. The Labute approximate surface area is 167 Å². The molecule has 4 aromatic rings. The molecule has 5 rings (SSSR count). The largest absolute Gasteiger partial charge is 0.423 e. The summed E-state index contributed by atoms with van der Waals surface area (Å²) in [7, 11) is 0. The average Bonchev–Trinajstić information content (AvgIpc) is 3.44. The zero-order valence-corrected chi connectivity index (χ0v) is 15.7. The number of carbonyl (C=O) groups is 1. The van der Waals surface area contributed by atoms with E-state index in [4.69, 9.17) is 9.15 Å². The number of benzene rings is 2. The van der Waals surface area contributed by atoms with Crippen LogP contribution < -0.4 is 10.2 Å². The number of fused-ring (bicyclic) bond motifs is 1. The number of morpholine rings is 1. The van der Waals surface area contributed by atoms with Crippen LogP contribution in [0.3, 0.4) is 0 Å². The number of anilines is 2. The molecule has 0 saturated carbocycles. The molecule has 0 unspecified atom stereocenters. The fourth-order valence-corrected chi connectivity index (χ4v) is 3.40. The summed E-state index contributed by atoms with van der Waals surface area (Å²) in [5.74, 6) is -0.175. The fourth-order valence-electron chi connectivity index (χ4n) is 3.40. The first-order valence-corrected chi connectivity index (χ1v) is 9.54. The highest BCUT2D eigenvalue weighted by atomic mass is 16.5. The van der Waals surface area contributed by atoms with Crippen LogP contribution in [0.5, 0.6) is 0 Å². The maximum Gasteiger partial charge on any atom is 0.298 e. The molecule has 1 aliphatic heterocycles. The van der Waals surface area contributed by atoms with Gasteiger partial charge >= 0.3 is 0 Å². The van der Waals surface area contributed by atoms with Crippen LogP contribution >= 0.6 is 0 Å². The first kappa shape index (κ1) is 17.5. The van der Waals surface area contributed by atoms with Crippen molar-refractivity contribution in [2.75, 3.05) is 36.5 Å². The molecular formula is C22H20N4O3. The third kappa shape index (κ3) is 3.60. The first-order chi connectivity index (χ1) is 14.3. The van der Waals surface area contributed by atoms with Gasteiger partial charge in [0.25, 0.3) is 11.9 Å². The number of aromatic nitrogens is 2. The average molecular weight is 388 g/mol. The summed E-state index contributed by atoms with van der Waals surface area (Å²) in [5.41, 5.74) is 3.59. The standard InChI is InChI=1S/C22H20N4O3/c27-21(16-4-3-5-18(14-16)25-8-1-2-9-25)23-17-6-7-19-20(15-17)29-22(24-19)26-10-12-28-13-11-26/h1-9,14-15H,10-13H2,(H,23,27). The number of hydrogen-bond acceptors (Lipinski definition) is 5. The smallest absolute Gasteiger partial charge is 0.298 e. The molecule has 0 bridgehead atoms. The van der Waals surface area contributed by atoms with Crippen molar-refractivity contribution in [1.82, 2.24) is 9.55 Å². The molecule has 1 N–H and O–H groups in total. The molecule has 1 aliphatic rings. The van der Waals surface area contributed by atoms with Crippen LogP contribution in [0.15, 0.2) is 71.4 Å². The zero-order chi connectivity index (χ0) is 19.6. The van der Waals surface area contributed by atoms with E-state index in [2.05, 4.69) is 15.2 Å². The lowest BCUT2D eigenvalue weighted by Crippen LogP contribution is -2.36. The van der Waals surface area contributed by atoms with E-state index in [-0.39, 0.29) is 5.91 Å². The Balaban J connectivity index is 1.36. The molecule has 0 atom stereocenters. The Bertz CT molecular complexity index is 1140. The summed E-state index contributed by atoms with van der Waals surface area (Å²) in [6, 6.07) is 17.5. The maximum atomic E-state index is 12.7. The zero-order valence-electron chi connectivity index (χ0n) is 15.7. The van der Waals surface area contributed by atoms with Crippen LogP contribution in [-0.4, -0.2) is 41.8 Å². The molecule has 1 amide bonds. The number of carbonyl (C=O) groups excluding carboxylic acids is 1. The number of oxazole rings is 1. The van der Waals surface area contributed by atoms with Crippen LogP contribution in [0.25, 0.3) is 16.8 Å². The SMILES string of the molecule is O=C(Nc1ccc2nc(N3CCOCC3)oc2c1)c1cccc(-n2cccc2)c1. The van der Waals surface area contributed by atoms with Crippen LogP contribution in [0, 0.1) is 0 Å². The lowest BCUT2D eigenvalue weighted by atomic mass is 10.1. The highest BCUT2D eigenvalue weighted by Gasteiger charge is 2.17. The van der Waals surface area contributed by atoms with Crippen LogP contribution in [0.2, 0.25) is 0 Å². The van der Waals surface area contributed by atoms with Crippen molar-refractivity contribution in [3.63, 3.8) is 0 Å². The van der Waals surface area contributed by atoms with Gasteiger partial charge in [0.05, 0.1) is 13.2 Å². The minimum absolute atomic E-state index is 0.175. The summed E-state index contributed by atoms with van der Waals surface area (Å²) < 4.78 is 13.2. The van der Waals surface area contributed by atoms with Gasteiger partial charge in [-0.25, -0.2) is 0 Å². The minimum Gasteiger partial charge on any atom is -0.423 e.